The average molecular weight is 253 g/mol. The number of nitrogens with one attached hydrogen (secondary N) is 1. The van der Waals surface area contributed by atoms with Crippen LogP contribution >= 0.6 is 0 Å². The van der Waals surface area contributed by atoms with Gasteiger partial charge in [0.25, 0.3) is 0 Å². The Balaban J connectivity index is 1.77. The molecule has 0 bridgehead atoms. The van der Waals surface area contributed by atoms with Crippen molar-refractivity contribution in [3.8, 4) is 0 Å². The second kappa shape index (κ2) is 5.90. The Labute approximate surface area is 106 Å². The number of carbonyl (C=O) groups excluding carboxylic acids is 1. The standard InChI is InChI=1S/C11H19N5O2/c1-16-11(13-14-15-16)12-10(17)7-8-3-5-9(18-2)6-4-8/h8-9H,3-7H2,1-2H3,(H,12,13,15,17). The van der Waals surface area contributed by atoms with Crippen molar-refractivity contribution in [3.05, 3.63) is 0 Å². The summed E-state index contributed by atoms with van der Waals surface area (Å²) in [5.74, 6) is 0.817. The summed E-state index contributed by atoms with van der Waals surface area (Å²) in [6.07, 6.45) is 5.07. The molecule has 1 heterocycles. The van der Waals surface area contributed by atoms with Gasteiger partial charge in [-0.15, -0.1) is 0 Å². The first kappa shape index (κ1) is 12.9. The van der Waals surface area contributed by atoms with Crippen LogP contribution in [-0.2, 0) is 16.6 Å². The van der Waals surface area contributed by atoms with E-state index >= 15 is 0 Å². The molecule has 0 aliphatic heterocycles. The summed E-state index contributed by atoms with van der Waals surface area (Å²) in [6, 6.07) is 0. The Hall–Kier alpha value is -1.50. The summed E-state index contributed by atoms with van der Waals surface area (Å²) in [5, 5.41) is 13.6. The minimum absolute atomic E-state index is 0.0197. The first-order valence-electron chi connectivity index (χ1n) is 6.24. The highest BCUT2D eigenvalue weighted by molar-refractivity contribution is 5.89. The van der Waals surface area contributed by atoms with Crippen molar-refractivity contribution in [2.24, 2.45) is 13.0 Å². The molecule has 1 amide bonds. The molecule has 1 saturated carbocycles. The van der Waals surface area contributed by atoms with Crippen molar-refractivity contribution < 1.29 is 9.53 Å². The van der Waals surface area contributed by atoms with Gasteiger partial charge in [0.05, 0.1) is 6.10 Å². The van der Waals surface area contributed by atoms with Crippen molar-refractivity contribution in [2.45, 2.75) is 38.2 Å². The van der Waals surface area contributed by atoms with Gasteiger partial charge in [-0.25, -0.2) is 4.68 Å². The maximum atomic E-state index is 11.8. The molecular formula is C11H19N5O2. The molecule has 1 fully saturated rings. The number of carbonyl (C=O) groups is 1. The number of anilines is 1. The fraction of sp³-hybridized carbons (Fsp3) is 0.818. The lowest BCUT2D eigenvalue weighted by atomic mass is 9.85. The number of aromatic nitrogens is 4. The van der Waals surface area contributed by atoms with Crippen molar-refractivity contribution in [1.29, 1.82) is 0 Å². The Kier molecular flexibility index (Phi) is 4.24. The van der Waals surface area contributed by atoms with E-state index in [-0.39, 0.29) is 5.91 Å². The van der Waals surface area contributed by atoms with Gasteiger partial charge >= 0.3 is 0 Å². The van der Waals surface area contributed by atoms with E-state index in [0.717, 1.165) is 25.7 Å². The van der Waals surface area contributed by atoms with Crippen LogP contribution < -0.4 is 5.32 Å². The molecule has 0 radical (unpaired) electrons. The van der Waals surface area contributed by atoms with Crippen LogP contribution in [0.25, 0.3) is 0 Å². The summed E-state index contributed by atoms with van der Waals surface area (Å²) in [6.45, 7) is 0. The average Bonchev–Trinajstić information content (AvgIpc) is 2.76. The third-order valence-corrected chi connectivity index (χ3v) is 3.47. The maximum Gasteiger partial charge on any atom is 0.249 e. The van der Waals surface area contributed by atoms with Crippen LogP contribution in [0.3, 0.4) is 0 Å². The summed E-state index contributed by atoms with van der Waals surface area (Å²) in [4.78, 5) is 11.8. The van der Waals surface area contributed by atoms with E-state index in [1.165, 1.54) is 4.68 Å². The minimum atomic E-state index is -0.0197. The summed E-state index contributed by atoms with van der Waals surface area (Å²) < 4.78 is 6.76. The van der Waals surface area contributed by atoms with Gasteiger partial charge in [0.1, 0.15) is 0 Å². The van der Waals surface area contributed by atoms with Crippen LogP contribution in [0.5, 0.6) is 0 Å². The summed E-state index contributed by atoms with van der Waals surface area (Å²) >= 11 is 0. The maximum absolute atomic E-state index is 11.8. The Morgan fingerprint density at radius 1 is 1.44 bits per heavy atom. The molecule has 0 saturated heterocycles. The number of hydrogen-bond acceptors (Lipinski definition) is 5. The highest BCUT2D eigenvalue weighted by Crippen LogP contribution is 2.28. The van der Waals surface area contributed by atoms with Gasteiger partial charge in [0.15, 0.2) is 0 Å². The van der Waals surface area contributed by atoms with E-state index in [1.54, 1.807) is 14.2 Å². The summed E-state index contributed by atoms with van der Waals surface area (Å²) in [5.41, 5.74) is 0. The van der Waals surface area contributed by atoms with Crippen LogP contribution in [-0.4, -0.2) is 39.3 Å². The van der Waals surface area contributed by atoms with Gasteiger partial charge in [-0.3, -0.25) is 10.1 Å². The van der Waals surface area contributed by atoms with Crippen molar-refractivity contribution in [2.75, 3.05) is 12.4 Å². The molecule has 100 valence electrons. The number of rotatable bonds is 4. The number of ether oxygens (including phenoxy) is 1. The minimum Gasteiger partial charge on any atom is -0.381 e. The molecular weight excluding hydrogens is 234 g/mol. The molecule has 1 aromatic heterocycles. The molecule has 2 rings (SSSR count). The molecule has 7 heteroatoms. The quantitative estimate of drug-likeness (QED) is 0.856. The van der Waals surface area contributed by atoms with Gasteiger partial charge in [-0.05, 0) is 42.0 Å². The number of tetrazole rings is 1. The number of hydrogen-bond donors (Lipinski definition) is 1. The lowest BCUT2D eigenvalue weighted by molar-refractivity contribution is -0.117. The molecule has 0 aromatic carbocycles. The predicted molar refractivity (Wildman–Crippen MR) is 64.8 cm³/mol. The lowest BCUT2D eigenvalue weighted by Crippen LogP contribution is -2.24. The Morgan fingerprint density at radius 3 is 2.72 bits per heavy atom. The van der Waals surface area contributed by atoms with Crippen LogP contribution in [0.15, 0.2) is 0 Å². The fourth-order valence-electron chi connectivity index (χ4n) is 2.34. The zero-order chi connectivity index (χ0) is 13.0. The fourth-order valence-corrected chi connectivity index (χ4v) is 2.34. The highest BCUT2D eigenvalue weighted by Gasteiger charge is 2.23. The number of aryl methyl sites for hydroxylation is 1. The van der Waals surface area contributed by atoms with E-state index in [4.69, 9.17) is 4.74 Å². The van der Waals surface area contributed by atoms with Gasteiger partial charge in [-0.1, -0.05) is 5.10 Å². The third kappa shape index (κ3) is 3.25. The number of methoxy groups -OCH3 is 1. The first-order chi connectivity index (χ1) is 8.69. The SMILES string of the molecule is COC1CCC(CC(=O)Nc2nnnn2C)CC1. The molecule has 1 aliphatic carbocycles. The lowest BCUT2D eigenvalue weighted by Gasteiger charge is -2.26. The van der Waals surface area contributed by atoms with Crippen LogP contribution in [0.2, 0.25) is 0 Å². The Morgan fingerprint density at radius 2 is 2.17 bits per heavy atom. The first-order valence-corrected chi connectivity index (χ1v) is 6.24. The highest BCUT2D eigenvalue weighted by atomic mass is 16.5. The monoisotopic (exact) mass is 253 g/mol. The smallest absolute Gasteiger partial charge is 0.249 e. The molecule has 0 atom stereocenters. The largest absolute Gasteiger partial charge is 0.381 e. The normalized spacial score (nSPS) is 23.9. The van der Waals surface area contributed by atoms with Crippen LogP contribution in [0.4, 0.5) is 5.95 Å². The molecule has 0 unspecified atom stereocenters. The zero-order valence-electron chi connectivity index (χ0n) is 10.8. The van der Waals surface area contributed by atoms with Crippen molar-refractivity contribution in [1.82, 2.24) is 20.2 Å². The molecule has 1 aromatic rings. The molecule has 1 aliphatic rings. The van der Waals surface area contributed by atoms with E-state index in [9.17, 15) is 4.79 Å². The van der Waals surface area contributed by atoms with Crippen molar-refractivity contribution in [3.63, 3.8) is 0 Å². The van der Waals surface area contributed by atoms with Crippen LogP contribution in [0.1, 0.15) is 32.1 Å². The number of amides is 1. The molecule has 18 heavy (non-hydrogen) atoms. The summed E-state index contributed by atoms with van der Waals surface area (Å²) in [7, 11) is 3.44. The molecule has 7 nitrogen and oxygen atoms in total. The van der Waals surface area contributed by atoms with E-state index in [2.05, 4.69) is 20.8 Å². The predicted octanol–water partition coefficient (Wildman–Crippen LogP) is 0.744. The second-order valence-corrected chi connectivity index (χ2v) is 4.76. The van der Waals surface area contributed by atoms with Gasteiger partial charge in [0.2, 0.25) is 11.9 Å². The number of nitrogens with zero attached hydrogens (tertiary/aromatic N) is 4. The zero-order valence-corrected chi connectivity index (χ0v) is 10.8. The van der Waals surface area contributed by atoms with Gasteiger partial charge in [0, 0.05) is 20.6 Å². The third-order valence-electron chi connectivity index (χ3n) is 3.47. The van der Waals surface area contributed by atoms with Crippen LogP contribution in [0, 0.1) is 5.92 Å². The van der Waals surface area contributed by atoms with E-state index in [1.807, 2.05) is 0 Å². The van der Waals surface area contributed by atoms with Gasteiger partial charge < -0.3 is 4.74 Å². The Bertz CT molecular complexity index is 398. The van der Waals surface area contributed by atoms with E-state index in [0.29, 0.717) is 24.4 Å². The topological polar surface area (TPSA) is 81.9 Å². The van der Waals surface area contributed by atoms with Crippen molar-refractivity contribution >= 4 is 11.9 Å². The van der Waals surface area contributed by atoms with Gasteiger partial charge in [-0.2, -0.15) is 0 Å². The molecule has 1 N–H and O–H groups in total. The van der Waals surface area contributed by atoms with E-state index < -0.39 is 0 Å². The second-order valence-electron chi connectivity index (χ2n) is 4.76. The molecule has 0 spiro atoms.